The lowest BCUT2D eigenvalue weighted by Crippen LogP contribution is -2.33. The number of benzene rings is 3. The number of carbonyl (C=O) groups excluding carboxylic acids is 3. The monoisotopic (exact) mass is 619 g/mol. The Morgan fingerprint density at radius 2 is 1.72 bits per heavy atom. The number of rotatable bonds is 5. The molecule has 4 aromatic rings. The molecule has 3 heterocycles. The summed E-state index contributed by atoms with van der Waals surface area (Å²) in [6, 6.07) is 23.9. The first-order valence-electron chi connectivity index (χ1n) is 12.3. The number of aromatic nitrogens is 1. The predicted molar refractivity (Wildman–Crippen MR) is 156 cm³/mol. The van der Waals surface area contributed by atoms with Gasteiger partial charge >= 0.3 is 4.87 Å². The van der Waals surface area contributed by atoms with Gasteiger partial charge in [0.05, 0.1) is 16.6 Å². The summed E-state index contributed by atoms with van der Waals surface area (Å²) in [5.74, 6) is -2.14. The number of hydrogen-bond donors (Lipinski definition) is 1. The zero-order valence-electron chi connectivity index (χ0n) is 20.7. The molecule has 0 bridgehead atoms. The highest BCUT2D eigenvalue weighted by atomic mass is 79.9. The Morgan fingerprint density at radius 3 is 2.46 bits per heavy atom. The van der Waals surface area contributed by atoms with Crippen molar-refractivity contribution in [1.82, 2.24) is 4.57 Å². The lowest BCUT2D eigenvalue weighted by atomic mass is 9.83. The third-order valence-corrected chi connectivity index (χ3v) is 9.97. The molecule has 0 unspecified atom stereocenters. The Balaban J connectivity index is 1.42. The van der Waals surface area contributed by atoms with E-state index in [0.717, 1.165) is 26.9 Å². The molecular formula is C29H22BrN3O4S2. The number of nitrogens with one attached hydrogen (secondary N) is 1. The van der Waals surface area contributed by atoms with E-state index in [2.05, 4.69) is 21.2 Å². The summed E-state index contributed by atoms with van der Waals surface area (Å²) in [5, 5.41) is 2.69. The standard InChI is InChI=1S/C29H22BrN3O4S2/c1-16-7-5-10-19(13-16)31-21(34)15-32-28-25(39-29(32)37)22(17-8-6-9-18(30)14-17)23-24(38-28)27(36)33(26(23)35)20-11-3-2-4-12-20/h2-14,22-24H,15H2,1H3,(H,31,34)/t22-,23-,24+/m0/s1. The molecule has 7 nitrogen and oxygen atoms in total. The lowest BCUT2D eigenvalue weighted by Gasteiger charge is -2.30. The molecule has 2 aliphatic rings. The maximum absolute atomic E-state index is 13.9. The van der Waals surface area contributed by atoms with Gasteiger partial charge in [-0.15, -0.1) is 0 Å². The molecule has 196 valence electrons. The minimum Gasteiger partial charge on any atom is -0.325 e. The largest absolute Gasteiger partial charge is 0.325 e. The number of thioether (sulfide) groups is 1. The lowest BCUT2D eigenvalue weighted by molar-refractivity contribution is -0.122. The summed E-state index contributed by atoms with van der Waals surface area (Å²) in [5.41, 5.74) is 3.00. The van der Waals surface area contributed by atoms with Crippen LogP contribution in [-0.4, -0.2) is 27.5 Å². The first-order chi connectivity index (χ1) is 18.8. The molecule has 1 N–H and O–H groups in total. The third kappa shape index (κ3) is 4.66. The van der Waals surface area contributed by atoms with Gasteiger partial charge in [-0.1, -0.05) is 81.5 Å². The maximum atomic E-state index is 13.9. The number of fused-ring (bicyclic) bond motifs is 2. The van der Waals surface area contributed by atoms with Gasteiger partial charge in [0, 0.05) is 21.0 Å². The van der Waals surface area contributed by atoms with Crippen molar-refractivity contribution < 1.29 is 14.4 Å². The number of halogens is 1. The van der Waals surface area contributed by atoms with E-state index in [1.807, 2.05) is 55.5 Å². The Labute approximate surface area is 241 Å². The Bertz CT molecular complexity index is 1680. The first kappa shape index (κ1) is 25.8. The van der Waals surface area contributed by atoms with Crippen molar-refractivity contribution in [3.63, 3.8) is 0 Å². The summed E-state index contributed by atoms with van der Waals surface area (Å²) in [6.07, 6.45) is 0. The van der Waals surface area contributed by atoms with Gasteiger partial charge in [0.15, 0.2) is 0 Å². The van der Waals surface area contributed by atoms with E-state index < -0.39 is 17.1 Å². The van der Waals surface area contributed by atoms with Crippen molar-refractivity contribution in [1.29, 1.82) is 0 Å². The second kappa shape index (κ2) is 10.3. The number of hydrogen-bond acceptors (Lipinski definition) is 6. The molecule has 10 heteroatoms. The van der Waals surface area contributed by atoms with Gasteiger partial charge in [-0.25, -0.2) is 4.90 Å². The van der Waals surface area contributed by atoms with Crippen molar-refractivity contribution in [3.8, 4) is 0 Å². The first-order valence-corrected chi connectivity index (χ1v) is 14.8. The maximum Gasteiger partial charge on any atom is 0.308 e. The molecule has 39 heavy (non-hydrogen) atoms. The van der Waals surface area contributed by atoms with Crippen LogP contribution in [0.15, 0.2) is 93.2 Å². The Kier molecular flexibility index (Phi) is 6.78. The van der Waals surface area contributed by atoms with Crippen LogP contribution in [0, 0.1) is 12.8 Å². The minimum absolute atomic E-state index is 0.196. The molecule has 0 spiro atoms. The zero-order chi connectivity index (χ0) is 27.3. The number of imide groups is 1. The van der Waals surface area contributed by atoms with Gasteiger partial charge in [0.1, 0.15) is 11.8 Å². The van der Waals surface area contributed by atoms with E-state index in [-0.39, 0.29) is 29.1 Å². The van der Waals surface area contributed by atoms with Gasteiger partial charge in [0.25, 0.3) is 0 Å². The molecule has 0 saturated carbocycles. The second-order valence-corrected chi connectivity index (χ2v) is 12.5. The number of thiazole rings is 1. The summed E-state index contributed by atoms with van der Waals surface area (Å²) >= 11 is 5.77. The van der Waals surface area contributed by atoms with E-state index >= 15 is 0 Å². The van der Waals surface area contributed by atoms with Gasteiger partial charge in [0.2, 0.25) is 17.7 Å². The van der Waals surface area contributed by atoms with Gasteiger partial charge in [-0.05, 0) is 54.4 Å². The molecule has 3 amide bonds. The summed E-state index contributed by atoms with van der Waals surface area (Å²) in [6.45, 7) is 1.74. The highest BCUT2D eigenvalue weighted by Gasteiger charge is 2.56. The average Bonchev–Trinajstić information content (AvgIpc) is 3.35. The quantitative estimate of drug-likeness (QED) is 0.302. The number of amides is 3. The number of nitrogens with zero attached hydrogens (tertiary/aromatic N) is 2. The van der Waals surface area contributed by atoms with Crippen molar-refractivity contribution in [2.75, 3.05) is 10.2 Å². The number of carbonyl (C=O) groups is 3. The van der Waals surface area contributed by atoms with Crippen LogP contribution in [0.25, 0.3) is 0 Å². The van der Waals surface area contributed by atoms with E-state index in [9.17, 15) is 19.2 Å². The van der Waals surface area contributed by atoms with Crippen molar-refractivity contribution in [3.05, 3.63) is 109 Å². The van der Waals surface area contributed by atoms with Crippen LogP contribution >= 0.6 is 39.0 Å². The van der Waals surface area contributed by atoms with Crippen LogP contribution in [0.3, 0.4) is 0 Å². The fourth-order valence-corrected chi connectivity index (χ4v) is 8.40. The molecule has 0 radical (unpaired) electrons. The van der Waals surface area contributed by atoms with Crippen molar-refractivity contribution in [2.45, 2.75) is 29.7 Å². The SMILES string of the molecule is Cc1cccc(NC(=O)Cn2c3c(sc2=O)[C@@H](c2cccc(Br)c2)[C@@H]2C(=O)N(c4ccccc4)C(=O)[C@@H]2S3)c1. The highest BCUT2D eigenvalue weighted by Crippen LogP contribution is 2.54. The minimum atomic E-state index is -0.728. The normalized spacial score (nSPS) is 20.1. The van der Waals surface area contributed by atoms with E-state index in [1.165, 1.54) is 21.2 Å². The molecule has 1 fully saturated rings. The second-order valence-electron chi connectivity index (χ2n) is 9.49. The van der Waals surface area contributed by atoms with Crippen LogP contribution in [0.2, 0.25) is 0 Å². The summed E-state index contributed by atoms with van der Waals surface area (Å²) in [7, 11) is 0. The van der Waals surface area contributed by atoms with Crippen LogP contribution in [0.1, 0.15) is 21.9 Å². The van der Waals surface area contributed by atoms with Crippen LogP contribution in [0.4, 0.5) is 11.4 Å². The smallest absolute Gasteiger partial charge is 0.308 e. The van der Waals surface area contributed by atoms with Crippen LogP contribution < -0.4 is 15.1 Å². The van der Waals surface area contributed by atoms with Crippen molar-refractivity contribution in [2.24, 2.45) is 5.92 Å². The van der Waals surface area contributed by atoms with E-state index in [1.54, 1.807) is 30.3 Å². The predicted octanol–water partition coefficient (Wildman–Crippen LogP) is 5.42. The number of para-hydroxylation sites is 1. The van der Waals surface area contributed by atoms with Crippen molar-refractivity contribution >= 4 is 68.1 Å². The van der Waals surface area contributed by atoms with Gasteiger partial charge < -0.3 is 5.32 Å². The third-order valence-electron chi connectivity index (χ3n) is 6.87. The number of anilines is 2. The van der Waals surface area contributed by atoms with Crippen LogP contribution in [-0.2, 0) is 20.9 Å². The average molecular weight is 621 g/mol. The molecule has 3 atom stereocenters. The summed E-state index contributed by atoms with van der Waals surface area (Å²) in [4.78, 5) is 55.5. The topological polar surface area (TPSA) is 88.5 Å². The molecule has 6 rings (SSSR count). The van der Waals surface area contributed by atoms with Crippen LogP contribution in [0.5, 0.6) is 0 Å². The van der Waals surface area contributed by atoms with E-state index in [0.29, 0.717) is 21.3 Å². The van der Waals surface area contributed by atoms with Gasteiger partial charge in [-0.3, -0.25) is 23.7 Å². The molecule has 3 aromatic carbocycles. The fourth-order valence-electron chi connectivity index (χ4n) is 5.21. The summed E-state index contributed by atoms with van der Waals surface area (Å²) < 4.78 is 2.26. The Morgan fingerprint density at radius 1 is 0.949 bits per heavy atom. The zero-order valence-corrected chi connectivity index (χ0v) is 23.9. The Hall–Kier alpha value is -3.47. The molecule has 2 aliphatic heterocycles. The molecule has 1 saturated heterocycles. The molecule has 0 aliphatic carbocycles. The van der Waals surface area contributed by atoms with E-state index in [4.69, 9.17) is 0 Å². The highest BCUT2D eigenvalue weighted by molar-refractivity contribution is 9.10. The van der Waals surface area contributed by atoms with Gasteiger partial charge in [-0.2, -0.15) is 0 Å². The molecule has 1 aromatic heterocycles. The number of aryl methyl sites for hydroxylation is 1. The fraction of sp³-hybridized carbons (Fsp3) is 0.172. The molecular weight excluding hydrogens is 598 g/mol.